The van der Waals surface area contributed by atoms with Crippen molar-refractivity contribution in [3.63, 3.8) is 0 Å². The molecule has 2 rings (SSSR count). The van der Waals surface area contributed by atoms with Gasteiger partial charge in [0.05, 0.1) is 19.3 Å². The fourth-order valence-corrected chi connectivity index (χ4v) is 3.93. The smallest absolute Gasteiger partial charge is 0.100 e. The van der Waals surface area contributed by atoms with E-state index >= 15 is 0 Å². The van der Waals surface area contributed by atoms with Gasteiger partial charge < -0.3 is 14.9 Å². The summed E-state index contributed by atoms with van der Waals surface area (Å²) in [4.78, 5) is 0. The van der Waals surface area contributed by atoms with Crippen LogP contribution in [0, 0.1) is 17.8 Å². The summed E-state index contributed by atoms with van der Waals surface area (Å²) in [5.41, 5.74) is 0.444. The fraction of sp³-hybridized carbons (Fsp3) is 0.889. The van der Waals surface area contributed by atoms with Crippen molar-refractivity contribution in [2.75, 3.05) is 13.2 Å². The van der Waals surface area contributed by atoms with Crippen LogP contribution in [0.4, 0.5) is 0 Å². The monoisotopic (exact) mass is 296 g/mol. The first kappa shape index (κ1) is 17.0. The summed E-state index contributed by atoms with van der Waals surface area (Å²) in [6.07, 6.45) is 10.0. The molecule has 2 N–H and O–H groups in total. The summed E-state index contributed by atoms with van der Waals surface area (Å²) >= 11 is 0. The highest BCUT2D eigenvalue weighted by atomic mass is 16.5. The van der Waals surface area contributed by atoms with Crippen molar-refractivity contribution in [3.8, 4) is 0 Å². The van der Waals surface area contributed by atoms with Gasteiger partial charge in [-0.25, -0.2) is 0 Å². The molecule has 21 heavy (non-hydrogen) atoms. The predicted octanol–water partition coefficient (Wildman–Crippen LogP) is 3.30. The molecule has 2 aliphatic rings. The zero-order chi connectivity index (χ0) is 15.2. The molecule has 0 saturated heterocycles. The second-order valence-corrected chi connectivity index (χ2v) is 7.22. The van der Waals surface area contributed by atoms with E-state index in [-0.39, 0.29) is 19.3 Å². The zero-order valence-corrected chi connectivity index (χ0v) is 13.5. The molecule has 2 saturated carbocycles. The van der Waals surface area contributed by atoms with E-state index in [2.05, 4.69) is 13.5 Å². The standard InChI is InChI=1S/C18H32O3/c1-13-3-5-15(6-4-13)16-7-9-17(10-8-16)21-12-18(20)14(2)11-19/h13,15-20H,2-12H2,1H3/t13?,15?,16?,17?,18-/m1/s1. The third-order valence-corrected chi connectivity index (χ3v) is 5.61. The van der Waals surface area contributed by atoms with Gasteiger partial charge in [-0.05, 0) is 61.9 Å². The maximum atomic E-state index is 9.74. The third kappa shape index (κ3) is 5.08. The number of aliphatic hydroxyl groups is 2. The lowest BCUT2D eigenvalue weighted by molar-refractivity contribution is -0.0273. The Morgan fingerprint density at radius 2 is 1.57 bits per heavy atom. The molecule has 0 unspecified atom stereocenters. The van der Waals surface area contributed by atoms with Crippen molar-refractivity contribution < 1.29 is 14.9 Å². The van der Waals surface area contributed by atoms with Gasteiger partial charge in [0.1, 0.15) is 6.10 Å². The second kappa shape index (κ2) is 8.30. The van der Waals surface area contributed by atoms with E-state index in [4.69, 9.17) is 9.84 Å². The topological polar surface area (TPSA) is 49.7 Å². The minimum atomic E-state index is -0.729. The fourth-order valence-electron chi connectivity index (χ4n) is 3.93. The average molecular weight is 296 g/mol. The zero-order valence-electron chi connectivity index (χ0n) is 13.5. The summed E-state index contributed by atoms with van der Waals surface area (Å²) in [6.45, 7) is 6.12. The molecule has 3 heteroatoms. The van der Waals surface area contributed by atoms with Crippen LogP contribution in [-0.4, -0.2) is 35.6 Å². The Hall–Kier alpha value is -0.380. The van der Waals surface area contributed by atoms with Crippen LogP contribution in [0.25, 0.3) is 0 Å². The molecule has 3 nitrogen and oxygen atoms in total. The molecular weight excluding hydrogens is 264 g/mol. The normalized spacial score (nSPS) is 35.4. The van der Waals surface area contributed by atoms with Crippen molar-refractivity contribution in [2.24, 2.45) is 17.8 Å². The van der Waals surface area contributed by atoms with Crippen LogP contribution in [-0.2, 0) is 4.74 Å². The molecule has 122 valence electrons. The minimum Gasteiger partial charge on any atom is -0.392 e. The van der Waals surface area contributed by atoms with Crippen LogP contribution < -0.4 is 0 Å². The quantitative estimate of drug-likeness (QED) is 0.739. The van der Waals surface area contributed by atoms with Gasteiger partial charge in [-0.15, -0.1) is 0 Å². The maximum absolute atomic E-state index is 9.74. The summed E-state index contributed by atoms with van der Waals surface area (Å²) in [5.74, 6) is 2.78. The van der Waals surface area contributed by atoms with Gasteiger partial charge in [-0.1, -0.05) is 26.3 Å². The molecule has 0 bridgehead atoms. The molecule has 0 aromatic carbocycles. The molecule has 0 aromatic rings. The molecule has 2 fully saturated rings. The van der Waals surface area contributed by atoms with Crippen LogP contribution in [0.5, 0.6) is 0 Å². The van der Waals surface area contributed by atoms with Crippen LogP contribution in [0.1, 0.15) is 58.3 Å². The van der Waals surface area contributed by atoms with Gasteiger partial charge in [0.25, 0.3) is 0 Å². The van der Waals surface area contributed by atoms with Gasteiger partial charge in [-0.3, -0.25) is 0 Å². The van der Waals surface area contributed by atoms with Crippen molar-refractivity contribution in [2.45, 2.75) is 70.5 Å². The molecule has 2 aliphatic carbocycles. The summed E-state index contributed by atoms with van der Waals surface area (Å²) in [7, 11) is 0. The predicted molar refractivity (Wildman–Crippen MR) is 85.1 cm³/mol. The first-order valence-electron chi connectivity index (χ1n) is 8.68. The molecule has 0 spiro atoms. The van der Waals surface area contributed by atoms with Gasteiger partial charge in [0.2, 0.25) is 0 Å². The second-order valence-electron chi connectivity index (χ2n) is 7.22. The van der Waals surface area contributed by atoms with Gasteiger partial charge in [0.15, 0.2) is 0 Å². The van der Waals surface area contributed by atoms with E-state index < -0.39 is 6.10 Å². The number of hydrogen-bond acceptors (Lipinski definition) is 3. The number of rotatable bonds is 6. The van der Waals surface area contributed by atoms with Crippen LogP contribution >= 0.6 is 0 Å². The molecule has 1 atom stereocenters. The molecule has 0 heterocycles. The Bertz CT molecular complexity index is 312. The lowest BCUT2D eigenvalue weighted by atomic mass is 9.71. The lowest BCUT2D eigenvalue weighted by Gasteiger charge is -2.37. The van der Waals surface area contributed by atoms with E-state index in [1.807, 2.05) is 0 Å². The summed E-state index contributed by atoms with van der Waals surface area (Å²) < 4.78 is 5.80. The van der Waals surface area contributed by atoms with E-state index in [9.17, 15) is 5.11 Å². The molecular formula is C18H32O3. The minimum absolute atomic E-state index is 0.169. The van der Waals surface area contributed by atoms with Crippen LogP contribution in [0.2, 0.25) is 0 Å². The van der Waals surface area contributed by atoms with Crippen molar-refractivity contribution >= 4 is 0 Å². The Morgan fingerprint density at radius 1 is 1.05 bits per heavy atom. The SMILES string of the molecule is C=C(CO)[C@H](O)COC1CCC(C2CCC(C)CC2)CC1. The van der Waals surface area contributed by atoms with E-state index in [1.54, 1.807) is 0 Å². The molecule has 0 radical (unpaired) electrons. The van der Waals surface area contributed by atoms with Crippen molar-refractivity contribution in [3.05, 3.63) is 12.2 Å². The van der Waals surface area contributed by atoms with Crippen LogP contribution in [0.15, 0.2) is 12.2 Å². The molecule has 0 aromatic heterocycles. The third-order valence-electron chi connectivity index (χ3n) is 5.61. The average Bonchev–Trinajstić information content (AvgIpc) is 2.53. The van der Waals surface area contributed by atoms with Gasteiger partial charge >= 0.3 is 0 Å². The summed E-state index contributed by atoms with van der Waals surface area (Å²) in [5, 5.41) is 18.7. The molecule has 0 aliphatic heterocycles. The van der Waals surface area contributed by atoms with Crippen molar-refractivity contribution in [1.29, 1.82) is 0 Å². The highest BCUT2D eigenvalue weighted by molar-refractivity contribution is 5.01. The number of ether oxygens (including phenoxy) is 1. The van der Waals surface area contributed by atoms with Gasteiger partial charge in [-0.2, -0.15) is 0 Å². The first-order chi connectivity index (χ1) is 10.1. The Balaban J connectivity index is 1.65. The Morgan fingerprint density at radius 3 is 2.10 bits per heavy atom. The number of aliphatic hydroxyl groups excluding tert-OH is 2. The highest BCUT2D eigenvalue weighted by Crippen LogP contribution is 2.40. The first-order valence-corrected chi connectivity index (χ1v) is 8.68. The van der Waals surface area contributed by atoms with Crippen molar-refractivity contribution in [1.82, 2.24) is 0 Å². The van der Waals surface area contributed by atoms with E-state index in [0.717, 1.165) is 30.6 Å². The Labute approximate surface area is 129 Å². The summed E-state index contributed by atoms with van der Waals surface area (Å²) in [6, 6.07) is 0. The lowest BCUT2D eigenvalue weighted by Crippen LogP contribution is -2.30. The number of hydrogen-bond donors (Lipinski definition) is 2. The van der Waals surface area contributed by atoms with Crippen LogP contribution in [0.3, 0.4) is 0 Å². The largest absolute Gasteiger partial charge is 0.392 e. The van der Waals surface area contributed by atoms with E-state index in [0.29, 0.717) is 5.57 Å². The maximum Gasteiger partial charge on any atom is 0.100 e. The van der Waals surface area contributed by atoms with Gasteiger partial charge in [0, 0.05) is 0 Å². The molecule has 0 amide bonds. The van der Waals surface area contributed by atoms with E-state index in [1.165, 1.54) is 38.5 Å². The Kier molecular flexibility index (Phi) is 6.72. The highest BCUT2D eigenvalue weighted by Gasteiger charge is 2.30.